The van der Waals surface area contributed by atoms with Crippen molar-refractivity contribution in [3.05, 3.63) is 47.3 Å². The van der Waals surface area contributed by atoms with Gasteiger partial charge in [-0.15, -0.1) is 0 Å². The summed E-state index contributed by atoms with van der Waals surface area (Å²) in [5.74, 6) is -0.0143. The molecule has 0 saturated carbocycles. The Morgan fingerprint density at radius 2 is 2.17 bits per heavy atom. The van der Waals surface area contributed by atoms with E-state index in [1.807, 2.05) is 11.5 Å². The van der Waals surface area contributed by atoms with E-state index in [-0.39, 0.29) is 11.1 Å². The van der Waals surface area contributed by atoms with Crippen molar-refractivity contribution in [1.29, 1.82) is 0 Å². The highest BCUT2D eigenvalue weighted by Gasteiger charge is 2.09. The van der Waals surface area contributed by atoms with Gasteiger partial charge in [-0.3, -0.25) is 0 Å². The molecule has 0 aliphatic rings. The lowest BCUT2D eigenvalue weighted by molar-refractivity contribution is 0.528. The minimum Gasteiger partial charge on any atom is -0.382 e. The number of benzene rings is 1. The molecule has 126 valence electrons. The van der Waals surface area contributed by atoms with E-state index in [2.05, 4.69) is 20.3 Å². The van der Waals surface area contributed by atoms with E-state index >= 15 is 0 Å². The van der Waals surface area contributed by atoms with Crippen LogP contribution in [0.2, 0.25) is 5.02 Å². The fraction of sp³-hybridized carbons (Fsp3) is 0.312. The van der Waals surface area contributed by atoms with Gasteiger partial charge in [-0.2, -0.15) is 0 Å². The van der Waals surface area contributed by atoms with Crippen LogP contribution in [0, 0.1) is 5.82 Å². The van der Waals surface area contributed by atoms with Crippen molar-refractivity contribution in [1.82, 2.24) is 24.8 Å². The summed E-state index contributed by atoms with van der Waals surface area (Å²) < 4.78 is 15.2. The highest BCUT2D eigenvalue weighted by atomic mass is 35.5. The number of imidazole rings is 1. The average molecular weight is 349 g/mol. The summed E-state index contributed by atoms with van der Waals surface area (Å²) in [6.45, 7) is 3.57. The smallest absolute Gasteiger partial charge is 0.165 e. The van der Waals surface area contributed by atoms with Gasteiger partial charge in [-0.25, -0.2) is 19.3 Å². The lowest BCUT2D eigenvalue weighted by Gasteiger charge is -2.15. The van der Waals surface area contributed by atoms with Crippen LogP contribution in [-0.2, 0) is 6.54 Å². The third kappa shape index (κ3) is 3.47. The monoisotopic (exact) mass is 348 g/mol. The van der Waals surface area contributed by atoms with E-state index < -0.39 is 5.82 Å². The molecule has 0 fully saturated rings. The Labute approximate surface area is 143 Å². The first-order valence-electron chi connectivity index (χ1n) is 7.66. The molecular weight excluding hydrogens is 331 g/mol. The van der Waals surface area contributed by atoms with Crippen LogP contribution < -0.4 is 11.1 Å². The van der Waals surface area contributed by atoms with E-state index in [4.69, 9.17) is 17.3 Å². The summed E-state index contributed by atoms with van der Waals surface area (Å²) in [7, 11) is 0. The van der Waals surface area contributed by atoms with Crippen molar-refractivity contribution >= 4 is 28.6 Å². The standard InChI is InChI=1S/C16H18ClFN6/c1-10(11-3-4-13(18)12(17)7-11)20-5-2-6-24-9-23-14-15(19)21-8-22-16(14)24/h3-4,7-10,20H,2,5-6H2,1H3,(H2,19,21,22). The molecule has 3 rings (SSSR count). The molecule has 6 nitrogen and oxygen atoms in total. The second-order valence-corrected chi connectivity index (χ2v) is 5.98. The van der Waals surface area contributed by atoms with E-state index in [0.29, 0.717) is 11.3 Å². The number of nitrogen functional groups attached to an aromatic ring is 1. The van der Waals surface area contributed by atoms with Gasteiger partial charge >= 0.3 is 0 Å². The fourth-order valence-corrected chi connectivity index (χ4v) is 2.72. The van der Waals surface area contributed by atoms with Gasteiger partial charge in [-0.1, -0.05) is 17.7 Å². The number of anilines is 1. The summed E-state index contributed by atoms with van der Waals surface area (Å²) in [4.78, 5) is 12.4. The third-order valence-electron chi connectivity index (χ3n) is 3.90. The van der Waals surface area contributed by atoms with Crippen molar-refractivity contribution in [2.45, 2.75) is 25.9 Å². The molecule has 2 aromatic heterocycles. The molecule has 24 heavy (non-hydrogen) atoms. The van der Waals surface area contributed by atoms with Gasteiger partial charge in [0.1, 0.15) is 17.7 Å². The van der Waals surface area contributed by atoms with Crippen molar-refractivity contribution in [2.24, 2.45) is 0 Å². The number of aromatic nitrogens is 4. The molecule has 8 heteroatoms. The van der Waals surface area contributed by atoms with Gasteiger partial charge in [0.15, 0.2) is 11.5 Å². The molecule has 3 N–H and O–H groups in total. The minimum atomic E-state index is -0.402. The Morgan fingerprint density at radius 1 is 1.33 bits per heavy atom. The average Bonchev–Trinajstić information content (AvgIpc) is 2.98. The van der Waals surface area contributed by atoms with Crippen LogP contribution in [0.15, 0.2) is 30.9 Å². The highest BCUT2D eigenvalue weighted by Crippen LogP contribution is 2.20. The number of hydrogen-bond acceptors (Lipinski definition) is 5. The van der Waals surface area contributed by atoms with Crippen LogP contribution in [0.25, 0.3) is 11.2 Å². The number of fused-ring (bicyclic) bond motifs is 1. The van der Waals surface area contributed by atoms with Crippen LogP contribution in [0.5, 0.6) is 0 Å². The van der Waals surface area contributed by atoms with Crippen molar-refractivity contribution < 1.29 is 4.39 Å². The zero-order valence-electron chi connectivity index (χ0n) is 13.2. The molecule has 3 aromatic rings. The maximum Gasteiger partial charge on any atom is 0.165 e. The van der Waals surface area contributed by atoms with Gasteiger partial charge in [-0.05, 0) is 37.6 Å². The Balaban J connectivity index is 1.54. The molecule has 0 aliphatic heterocycles. The maximum atomic E-state index is 13.2. The Morgan fingerprint density at radius 3 is 2.96 bits per heavy atom. The molecule has 1 atom stereocenters. The van der Waals surface area contributed by atoms with Crippen LogP contribution in [0.4, 0.5) is 10.2 Å². The fourth-order valence-electron chi connectivity index (χ4n) is 2.53. The summed E-state index contributed by atoms with van der Waals surface area (Å²) >= 11 is 5.82. The van der Waals surface area contributed by atoms with E-state index in [1.165, 1.54) is 12.4 Å². The number of nitrogens with zero attached hydrogens (tertiary/aromatic N) is 4. The van der Waals surface area contributed by atoms with Gasteiger partial charge in [0.25, 0.3) is 0 Å². The van der Waals surface area contributed by atoms with E-state index in [9.17, 15) is 4.39 Å². The number of hydrogen-bond donors (Lipinski definition) is 2. The Kier molecular flexibility index (Phi) is 4.92. The van der Waals surface area contributed by atoms with Crippen LogP contribution >= 0.6 is 11.6 Å². The second kappa shape index (κ2) is 7.11. The predicted octanol–water partition coefficient (Wildman–Crippen LogP) is 2.94. The van der Waals surface area contributed by atoms with Crippen molar-refractivity contribution in [2.75, 3.05) is 12.3 Å². The summed E-state index contributed by atoms with van der Waals surface area (Å²) in [5, 5.41) is 3.54. The molecule has 2 heterocycles. The Hall–Kier alpha value is -2.25. The van der Waals surface area contributed by atoms with Crippen molar-refractivity contribution in [3.8, 4) is 0 Å². The molecule has 0 amide bonds. The predicted molar refractivity (Wildman–Crippen MR) is 92.2 cm³/mol. The molecule has 0 radical (unpaired) electrons. The zero-order valence-corrected chi connectivity index (χ0v) is 14.0. The number of halogens is 2. The molecule has 0 bridgehead atoms. The number of nitrogens with one attached hydrogen (secondary N) is 1. The SMILES string of the molecule is CC(NCCCn1cnc2c(N)ncnc21)c1ccc(F)c(Cl)c1. The van der Waals surface area contributed by atoms with Gasteiger partial charge in [0, 0.05) is 12.6 Å². The molecule has 1 aromatic carbocycles. The zero-order chi connectivity index (χ0) is 17.1. The minimum absolute atomic E-state index is 0.0839. The second-order valence-electron chi connectivity index (χ2n) is 5.57. The lowest BCUT2D eigenvalue weighted by atomic mass is 10.1. The summed E-state index contributed by atoms with van der Waals surface area (Å²) in [6, 6.07) is 4.86. The first-order valence-corrected chi connectivity index (χ1v) is 8.03. The first kappa shape index (κ1) is 16.6. The Bertz CT molecular complexity index is 850. The van der Waals surface area contributed by atoms with E-state index in [1.54, 1.807) is 18.5 Å². The quantitative estimate of drug-likeness (QED) is 0.669. The van der Waals surface area contributed by atoms with Crippen LogP contribution in [0.1, 0.15) is 24.9 Å². The molecule has 1 unspecified atom stereocenters. The van der Waals surface area contributed by atoms with Crippen molar-refractivity contribution in [3.63, 3.8) is 0 Å². The lowest BCUT2D eigenvalue weighted by Crippen LogP contribution is -2.21. The molecule has 0 spiro atoms. The maximum absolute atomic E-state index is 13.2. The molecule has 0 aliphatic carbocycles. The number of aryl methyl sites for hydroxylation is 1. The van der Waals surface area contributed by atoms with Gasteiger partial charge in [0.05, 0.1) is 11.3 Å². The molecular formula is C16H18ClFN6. The molecule has 0 saturated heterocycles. The summed E-state index contributed by atoms with van der Waals surface area (Å²) in [6.07, 6.45) is 4.04. The normalized spacial score (nSPS) is 12.6. The highest BCUT2D eigenvalue weighted by molar-refractivity contribution is 6.30. The number of rotatable bonds is 6. The van der Waals surface area contributed by atoms with Crippen LogP contribution in [0.3, 0.4) is 0 Å². The number of nitrogens with two attached hydrogens (primary N) is 1. The van der Waals surface area contributed by atoms with Gasteiger partial charge in [0.2, 0.25) is 0 Å². The van der Waals surface area contributed by atoms with Gasteiger partial charge < -0.3 is 15.6 Å². The van der Waals surface area contributed by atoms with Crippen LogP contribution in [-0.4, -0.2) is 26.1 Å². The largest absolute Gasteiger partial charge is 0.382 e. The first-order chi connectivity index (χ1) is 11.6. The van der Waals surface area contributed by atoms with E-state index in [0.717, 1.165) is 30.7 Å². The summed E-state index contributed by atoms with van der Waals surface area (Å²) in [5.41, 5.74) is 8.09. The topological polar surface area (TPSA) is 81.7 Å². The third-order valence-corrected chi connectivity index (χ3v) is 4.19.